The van der Waals surface area contributed by atoms with Crippen molar-refractivity contribution in [3.8, 4) is 0 Å². The number of carbonyl (C=O) groups is 1. The van der Waals surface area contributed by atoms with Gasteiger partial charge in [0.05, 0.1) is 4.90 Å². The molecule has 0 aliphatic carbocycles. The van der Waals surface area contributed by atoms with E-state index in [1.54, 1.807) is 5.38 Å². The zero-order valence-electron chi connectivity index (χ0n) is 5.72. The van der Waals surface area contributed by atoms with E-state index in [-0.39, 0.29) is 4.90 Å². The maximum absolute atomic E-state index is 11.0. The van der Waals surface area contributed by atoms with Crippen molar-refractivity contribution in [2.24, 2.45) is 0 Å². The Hall–Kier alpha value is -1.08. The lowest BCUT2D eigenvalue weighted by Crippen LogP contribution is -2.28. The Bertz CT molecular complexity index is 366. The van der Waals surface area contributed by atoms with Gasteiger partial charge in [-0.3, -0.25) is 0 Å². The first-order valence-corrected chi connectivity index (χ1v) is 5.23. The fourth-order valence-corrected chi connectivity index (χ4v) is 2.45. The highest BCUT2D eigenvalue weighted by Crippen LogP contribution is 2.11. The maximum atomic E-state index is 11.0. The molecule has 0 aliphatic heterocycles. The molecule has 0 spiro atoms. The molecule has 0 saturated carbocycles. The number of nitrogens with one attached hydrogen (secondary N) is 1. The highest BCUT2D eigenvalue weighted by molar-refractivity contribution is 7.90. The minimum absolute atomic E-state index is 0.0325. The van der Waals surface area contributed by atoms with Crippen LogP contribution in [0, 0.1) is 0 Å². The van der Waals surface area contributed by atoms with E-state index in [1.165, 1.54) is 27.5 Å². The van der Waals surface area contributed by atoms with Crippen LogP contribution in [-0.4, -0.2) is 19.6 Å². The predicted molar refractivity (Wildman–Crippen MR) is 42.7 cm³/mol. The molecule has 0 saturated heterocycles. The molecule has 0 radical (unpaired) electrons. The number of carboxylic acid groups (broad SMARTS) is 1. The Balaban J connectivity index is 2.96. The van der Waals surface area contributed by atoms with Crippen LogP contribution in [0.25, 0.3) is 0 Å². The zero-order chi connectivity index (χ0) is 9.19. The monoisotopic (exact) mass is 207 g/mol. The molecule has 2 N–H and O–H groups in total. The summed E-state index contributed by atoms with van der Waals surface area (Å²) in [4.78, 5) is 9.99. The Morgan fingerprint density at radius 2 is 2.25 bits per heavy atom. The van der Waals surface area contributed by atoms with Crippen molar-refractivity contribution in [2.45, 2.75) is 4.90 Å². The average Bonchev–Trinajstić information content (AvgIpc) is 2.32. The third-order valence-electron chi connectivity index (χ3n) is 1.03. The SMILES string of the molecule is O=C(O)NS(=O)(=O)c1ccsc1. The Morgan fingerprint density at radius 3 is 2.67 bits per heavy atom. The lowest BCUT2D eigenvalue weighted by Gasteiger charge is -1.98. The standard InChI is InChI=1S/C5H5NO4S2/c7-5(8)6-12(9,10)4-1-2-11-3-4/h1-3,6H,(H,7,8). The molecule has 66 valence electrons. The first-order chi connectivity index (χ1) is 5.52. The molecule has 0 aromatic carbocycles. The van der Waals surface area contributed by atoms with E-state index in [0.717, 1.165) is 0 Å². The van der Waals surface area contributed by atoms with Crippen LogP contribution in [0.3, 0.4) is 0 Å². The van der Waals surface area contributed by atoms with Crippen molar-refractivity contribution in [1.82, 2.24) is 4.72 Å². The van der Waals surface area contributed by atoms with Crippen molar-refractivity contribution < 1.29 is 18.3 Å². The molecular weight excluding hydrogens is 202 g/mol. The van der Waals surface area contributed by atoms with Crippen molar-refractivity contribution in [3.05, 3.63) is 16.8 Å². The van der Waals surface area contributed by atoms with E-state index in [2.05, 4.69) is 0 Å². The first-order valence-electron chi connectivity index (χ1n) is 2.80. The Kier molecular flexibility index (Phi) is 2.34. The summed E-state index contributed by atoms with van der Waals surface area (Å²) in [5, 5.41) is 11.1. The van der Waals surface area contributed by atoms with Gasteiger partial charge in [0.1, 0.15) is 0 Å². The quantitative estimate of drug-likeness (QED) is 0.747. The maximum Gasteiger partial charge on any atom is 0.418 e. The van der Waals surface area contributed by atoms with Crippen LogP contribution in [0.15, 0.2) is 21.7 Å². The summed E-state index contributed by atoms with van der Waals surface area (Å²) in [6, 6.07) is 1.33. The number of amides is 1. The van der Waals surface area contributed by atoms with E-state index in [4.69, 9.17) is 5.11 Å². The number of thiophene rings is 1. The molecule has 0 fully saturated rings. The lowest BCUT2D eigenvalue weighted by atomic mass is 10.7. The third kappa shape index (κ3) is 1.95. The van der Waals surface area contributed by atoms with E-state index in [1.807, 2.05) is 0 Å². The van der Waals surface area contributed by atoms with Crippen LogP contribution in [0.2, 0.25) is 0 Å². The molecular formula is C5H5NO4S2. The minimum Gasteiger partial charge on any atom is -0.464 e. The number of hydrogen-bond donors (Lipinski definition) is 2. The summed E-state index contributed by atoms with van der Waals surface area (Å²) in [5.41, 5.74) is 0. The summed E-state index contributed by atoms with van der Waals surface area (Å²) >= 11 is 1.18. The van der Waals surface area contributed by atoms with Crippen molar-refractivity contribution in [1.29, 1.82) is 0 Å². The van der Waals surface area contributed by atoms with E-state index >= 15 is 0 Å². The van der Waals surface area contributed by atoms with E-state index in [0.29, 0.717) is 0 Å². The highest BCUT2D eigenvalue weighted by atomic mass is 32.2. The molecule has 1 aromatic heterocycles. The second-order valence-corrected chi connectivity index (χ2v) is 4.33. The Labute approximate surface area is 72.7 Å². The summed E-state index contributed by atoms with van der Waals surface area (Å²) in [6.45, 7) is 0. The van der Waals surface area contributed by atoms with Crippen LogP contribution >= 0.6 is 11.3 Å². The molecule has 0 atom stereocenters. The predicted octanol–water partition coefficient (Wildman–Crippen LogP) is 0.704. The highest BCUT2D eigenvalue weighted by Gasteiger charge is 2.16. The van der Waals surface area contributed by atoms with Gasteiger partial charge in [-0.1, -0.05) is 0 Å². The lowest BCUT2D eigenvalue weighted by molar-refractivity contribution is 0.201. The molecule has 1 amide bonds. The van der Waals surface area contributed by atoms with Gasteiger partial charge in [-0.2, -0.15) is 11.3 Å². The molecule has 1 rings (SSSR count). The molecule has 0 bridgehead atoms. The summed E-state index contributed by atoms with van der Waals surface area (Å²) in [5.74, 6) is 0. The third-order valence-corrected chi connectivity index (χ3v) is 3.18. The van der Waals surface area contributed by atoms with Gasteiger partial charge in [-0.15, -0.1) is 0 Å². The van der Waals surface area contributed by atoms with Crippen molar-refractivity contribution in [2.75, 3.05) is 0 Å². The minimum atomic E-state index is -3.86. The van der Waals surface area contributed by atoms with E-state index in [9.17, 15) is 13.2 Å². The van der Waals surface area contributed by atoms with Gasteiger partial charge in [0.15, 0.2) is 0 Å². The molecule has 1 aromatic rings. The van der Waals surface area contributed by atoms with Gasteiger partial charge in [-0.05, 0) is 11.4 Å². The fourth-order valence-electron chi connectivity index (χ4n) is 0.579. The summed E-state index contributed by atoms with van der Waals surface area (Å²) in [7, 11) is -3.86. The van der Waals surface area contributed by atoms with Gasteiger partial charge >= 0.3 is 6.09 Å². The van der Waals surface area contributed by atoms with Gasteiger partial charge in [-0.25, -0.2) is 17.9 Å². The van der Waals surface area contributed by atoms with Crippen molar-refractivity contribution in [3.63, 3.8) is 0 Å². The summed E-state index contributed by atoms with van der Waals surface area (Å²) in [6.07, 6.45) is -1.58. The second-order valence-electron chi connectivity index (χ2n) is 1.87. The van der Waals surface area contributed by atoms with Crippen LogP contribution in [0.4, 0.5) is 4.79 Å². The molecule has 12 heavy (non-hydrogen) atoms. The van der Waals surface area contributed by atoms with Gasteiger partial charge in [0, 0.05) is 5.38 Å². The molecule has 7 heteroatoms. The largest absolute Gasteiger partial charge is 0.464 e. The molecule has 0 aliphatic rings. The van der Waals surface area contributed by atoms with Crippen LogP contribution in [0.5, 0.6) is 0 Å². The van der Waals surface area contributed by atoms with Gasteiger partial charge in [0.2, 0.25) is 0 Å². The number of rotatable bonds is 2. The normalized spacial score (nSPS) is 11.0. The van der Waals surface area contributed by atoms with Crippen molar-refractivity contribution >= 4 is 27.5 Å². The van der Waals surface area contributed by atoms with Crippen LogP contribution in [0.1, 0.15) is 0 Å². The average molecular weight is 207 g/mol. The van der Waals surface area contributed by atoms with Gasteiger partial charge < -0.3 is 5.11 Å². The summed E-state index contributed by atoms with van der Waals surface area (Å²) < 4.78 is 23.5. The van der Waals surface area contributed by atoms with Gasteiger partial charge in [0.25, 0.3) is 10.0 Å². The fraction of sp³-hybridized carbons (Fsp3) is 0. The first kappa shape index (κ1) is 9.01. The van der Waals surface area contributed by atoms with Crippen LogP contribution < -0.4 is 4.72 Å². The van der Waals surface area contributed by atoms with Crippen LogP contribution in [-0.2, 0) is 10.0 Å². The molecule has 1 heterocycles. The smallest absolute Gasteiger partial charge is 0.418 e. The number of sulfonamides is 1. The molecule has 5 nitrogen and oxygen atoms in total. The topological polar surface area (TPSA) is 83.5 Å². The second kappa shape index (κ2) is 3.11. The number of hydrogen-bond acceptors (Lipinski definition) is 4. The van der Waals surface area contributed by atoms with E-state index < -0.39 is 16.1 Å². The Morgan fingerprint density at radius 1 is 1.58 bits per heavy atom. The zero-order valence-corrected chi connectivity index (χ0v) is 7.35. The molecule has 0 unspecified atom stereocenters.